The highest BCUT2D eigenvalue weighted by Crippen LogP contribution is 2.11. The van der Waals surface area contributed by atoms with E-state index < -0.39 is 12.1 Å². The molecular formula is C16H17N3O4. The molecule has 0 unspecified atom stereocenters. The van der Waals surface area contributed by atoms with E-state index in [0.717, 1.165) is 10.4 Å². The van der Waals surface area contributed by atoms with E-state index in [-0.39, 0.29) is 5.91 Å². The molecular weight excluding hydrogens is 298 g/mol. The van der Waals surface area contributed by atoms with Gasteiger partial charge in [0.1, 0.15) is 11.8 Å². The molecule has 0 spiro atoms. The van der Waals surface area contributed by atoms with Crippen LogP contribution in [0.1, 0.15) is 6.42 Å². The molecule has 0 radical (unpaired) electrons. The van der Waals surface area contributed by atoms with Crippen LogP contribution < -0.4 is 25.8 Å². The zero-order chi connectivity index (χ0) is 16.2. The number of benzene rings is 1. The van der Waals surface area contributed by atoms with Gasteiger partial charge in [-0.25, -0.2) is 9.86 Å². The van der Waals surface area contributed by atoms with Crippen LogP contribution in [0.5, 0.6) is 5.75 Å². The molecule has 1 aromatic rings. The van der Waals surface area contributed by atoms with Crippen molar-refractivity contribution in [2.45, 2.75) is 12.5 Å². The molecule has 2 aliphatic rings. The Morgan fingerprint density at radius 3 is 3.09 bits per heavy atom. The van der Waals surface area contributed by atoms with Crippen LogP contribution in [-0.4, -0.2) is 36.8 Å². The molecule has 23 heavy (non-hydrogen) atoms. The third kappa shape index (κ3) is 3.19. The van der Waals surface area contributed by atoms with Crippen molar-refractivity contribution in [2.24, 2.45) is 0 Å². The predicted octanol–water partition coefficient (Wildman–Crippen LogP) is -0.427. The fourth-order valence-electron chi connectivity index (χ4n) is 2.53. The molecule has 0 aromatic heterocycles. The van der Waals surface area contributed by atoms with E-state index in [2.05, 4.69) is 10.6 Å². The third-order valence-electron chi connectivity index (χ3n) is 3.67. The van der Waals surface area contributed by atoms with Crippen molar-refractivity contribution in [3.63, 3.8) is 0 Å². The van der Waals surface area contributed by atoms with Gasteiger partial charge in [0, 0.05) is 22.8 Å². The highest BCUT2D eigenvalue weighted by molar-refractivity contribution is 5.87. The van der Waals surface area contributed by atoms with Crippen molar-refractivity contribution < 1.29 is 19.2 Å². The van der Waals surface area contributed by atoms with Gasteiger partial charge in [0.05, 0.1) is 13.7 Å². The number of hydrogen-bond acceptors (Lipinski definition) is 5. The quantitative estimate of drug-likeness (QED) is 0.791. The molecule has 0 aliphatic carbocycles. The Bertz CT molecular complexity index is 772. The number of carbonyl (C=O) groups is 2. The van der Waals surface area contributed by atoms with Gasteiger partial charge in [-0.05, 0) is 24.6 Å². The number of nitrogens with zero attached hydrogens (tertiary/aromatic N) is 1. The van der Waals surface area contributed by atoms with E-state index in [1.165, 1.54) is 12.2 Å². The predicted molar refractivity (Wildman–Crippen MR) is 83.2 cm³/mol. The minimum Gasteiger partial charge on any atom is -0.410 e. The Hall–Kier alpha value is -2.80. The van der Waals surface area contributed by atoms with E-state index in [4.69, 9.17) is 9.57 Å². The second-order valence-corrected chi connectivity index (χ2v) is 5.09. The van der Waals surface area contributed by atoms with E-state index in [1.807, 2.05) is 24.4 Å². The largest absolute Gasteiger partial charge is 0.413 e. The van der Waals surface area contributed by atoms with Gasteiger partial charge in [-0.3, -0.25) is 9.63 Å². The van der Waals surface area contributed by atoms with E-state index in [0.29, 0.717) is 18.7 Å². The lowest BCUT2D eigenvalue weighted by molar-refractivity contribution is -0.168. The summed E-state index contributed by atoms with van der Waals surface area (Å²) in [7, 11) is 1.42. The van der Waals surface area contributed by atoms with Crippen LogP contribution in [-0.2, 0) is 9.63 Å². The SMILES string of the molecule is CON1CC[C@@H](NC(=O)Oc2cccc3c2=CC=CNC=3)C1=O. The maximum atomic E-state index is 12.1. The zero-order valence-electron chi connectivity index (χ0n) is 12.6. The molecule has 2 heterocycles. The molecule has 0 saturated carbocycles. The third-order valence-corrected chi connectivity index (χ3v) is 3.67. The molecule has 1 atom stereocenters. The van der Waals surface area contributed by atoms with Gasteiger partial charge < -0.3 is 15.4 Å². The Kier molecular flexibility index (Phi) is 4.29. The molecule has 120 valence electrons. The number of hydroxylamine groups is 2. The smallest absolute Gasteiger partial charge is 0.410 e. The van der Waals surface area contributed by atoms with Crippen LogP contribution in [0.4, 0.5) is 4.79 Å². The van der Waals surface area contributed by atoms with Crippen molar-refractivity contribution in [1.29, 1.82) is 0 Å². The molecule has 2 N–H and O–H groups in total. The van der Waals surface area contributed by atoms with Gasteiger partial charge in [-0.15, -0.1) is 0 Å². The summed E-state index contributed by atoms with van der Waals surface area (Å²) in [6, 6.07) is 4.79. The minimum absolute atomic E-state index is 0.275. The molecule has 1 aromatic carbocycles. The number of ether oxygens (including phenoxy) is 1. The molecule has 7 nitrogen and oxygen atoms in total. The van der Waals surface area contributed by atoms with Gasteiger partial charge in [-0.2, -0.15) is 0 Å². The van der Waals surface area contributed by atoms with Crippen molar-refractivity contribution >= 4 is 24.3 Å². The molecule has 0 bridgehead atoms. The number of fused-ring (bicyclic) bond motifs is 1. The first-order chi connectivity index (χ1) is 11.2. The van der Waals surface area contributed by atoms with E-state index in [1.54, 1.807) is 18.3 Å². The number of allylic oxidation sites excluding steroid dienone is 1. The molecule has 1 saturated heterocycles. The summed E-state index contributed by atoms with van der Waals surface area (Å²) < 4.78 is 5.37. The summed E-state index contributed by atoms with van der Waals surface area (Å²) in [6.45, 7) is 0.445. The first-order valence-corrected chi connectivity index (χ1v) is 7.25. The van der Waals surface area contributed by atoms with Gasteiger partial charge in [0.2, 0.25) is 0 Å². The molecule has 7 heteroatoms. The molecule has 3 rings (SSSR count). The average molecular weight is 315 g/mol. The van der Waals surface area contributed by atoms with Crippen molar-refractivity contribution in [3.05, 3.63) is 40.9 Å². The first-order valence-electron chi connectivity index (χ1n) is 7.25. The van der Waals surface area contributed by atoms with Crippen LogP contribution in [0.25, 0.3) is 12.3 Å². The van der Waals surface area contributed by atoms with Crippen molar-refractivity contribution in [2.75, 3.05) is 13.7 Å². The summed E-state index contributed by atoms with van der Waals surface area (Å²) in [5.74, 6) is 0.155. The Morgan fingerprint density at radius 1 is 1.43 bits per heavy atom. The maximum absolute atomic E-state index is 12.1. The van der Waals surface area contributed by atoms with Crippen molar-refractivity contribution in [3.8, 4) is 5.75 Å². The Balaban J connectivity index is 1.74. The summed E-state index contributed by atoms with van der Waals surface area (Å²) in [4.78, 5) is 28.9. The minimum atomic E-state index is -0.663. The van der Waals surface area contributed by atoms with Crippen LogP contribution in [0.3, 0.4) is 0 Å². The Morgan fingerprint density at radius 2 is 2.30 bits per heavy atom. The zero-order valence-corrected chi connectivity index (χ0v) is 12.6. The maximum Gasteiger partial charge on any atom is 0.413 e. The monoisotopic (exact) mass is 315 g/mol. The lowest BCUT2D eigenvalue weighted by Gasteiger charge is -2.14. The lowest BCUT2D eigenvalue weighted by atomic mass is 10.2. The second-order valence-electron chi connectivity index (χ2n) is 5.09. The fourth-order valence-corrected chi connectivity index (χ4v) is 2.53. The highest BCUT2D eigenvalue weighted by Gasteiger charge is 2.33. The molecule has 2 amide bonds. The van der Waals surface area contributed by atoms with Gasteiger partial charge in [-0.1, -0.05) is 12.1 Å². The number of rotatable bonds is 3. The fraction of sp³-hybridized carbons (Fsp3) is 0.250. The van der Waals surface area contributed by atoms with Crippen LogP contribution in [0.2, 0.25) is 0 Å². The van der Waals surface area contributed by atoms with Gasteiger partial charge in [0.25, 0.3) is 5.91 Å². The summed E-state index contributed by atoms with van der Waals surface area (Å²) in [5, 5.41) is 8.49. The van der Waals surface area contributed by atoms with E-state index in [9.17, 15) is 9.59 Å². The summed E-state index contributed by atoms with van der Waals surface area (Å²) >= 11 is 0. The summed E-state index contributed by atoms with van der Waals surface area (Å²) in [6.07, 6.45) is 7.09. The van der Waals surface area contributed by atoms with Crippen molar-refractivity contribution in [1.82, 2.24) is 15.7 Å². The topological polar surface area (TPSA) is 79.9 Å². The van der Waals surface area contributed by atoms with Crippen LogP contribution in [0, 0.1) is 0 Å². The van der Waals surface area contributed by atoms with Gasteiger partial charge in [0.15, 0.2) is 0 Å². The number of amides is 2. The molecule has 1 fully saturated rings. The van der Waals surface area contributed by atoms with E-state index >= 15 is 0 Å². The normalized spacial score (nSPS) is 19.1. The van der Waals surface area contributed by atoms with Crippen LogP contribution in [0.15, 0.2) is 30.5 Å². The molecule has 2 aliphatic heterocycles. The van der Waals surface area contributed by atoms with Crippen LogP contribution >= 0.6 is 0 Å². The lowest BCUT2D eigenvalue weighted by Crippen LogP contribution is -2.43. The standard InChI is InChI=1S/C16H17N3O4/c1-22-19-9-7-13(15(19)20)18-16(21)23-14-6-2-4-11-10-17-8-3-5-12(11)14/h2-6,8,10,13,17H,7,9H2,1H3,(H,18,21)/t13-/m1/s1. The second kappa shape index (κ2) is 6.53. The average Bonchev–Trinajstić information content (AvgIpc) is 2.76. The van der Waals surface area contributed by atoms with Gasteiger partial charge >= 0.3 is 6.09 Å². The number of nitrogens with one attached hydrogen (secondary N) is 2. The first kappa shape index (κ1) is 15.1. The summed E-state index contributed by atoms with van der Waals surface area (Å²) in [5.41, 5.74) is 0. The number of carbonyl (C=O) groups excluding carboxylic acids is 2. The number of hydrogen-bond donors (Lipinski definition) is 2. The highest BCUT2D eigenvalue weighted by atomic mass is 16.7. The Labute approximate surface area is 132 Å².